The van der Waals surface area contributed by atoms with Crippen LogP contribution in [0.5, 0.6) is 0 Å². The van der Waals surface area contributed by atoms with Crippen molar-refractivity contribution in [2.45, 2.75) is 18.5 Å². The number of nitrogens with zero attached hydrogens (tertiary/aromatic N) is 1. The molecule has 2 aromatic carbocycles. The summed E-state index contributed by atoms with van der Waals surface area (Å²) < 4.78 is 4.86. The van der Waals surface area contributed by atoms with Gasteiger partial charge in [0.15, 0.2) is 0 Å². The predicted molar refractivity (Wildman–Crippen MR) is 106 cm³/mol. The van der Waals surface area contributed by atoms with Crippen LogP contribution in [0, 0.1) is 0 Å². The van der Waals surface area contributed by atoms with Crippen LogP contribution >= 0.6 is 23.2 Å². The van der Waals surface area contributed by atoms with E-state index in [-0.39, 0.29) is 6.03 Å². The van der Waals surface area contributed by atoms with Crippen molar-refractivity contribution in [3.63, 3.8) is 0 Å². The topological polar surface area (TPSA) is 70.7 Å². The number of hydrogen-bond acceptors (Lipinski definition) is 4. The van der Waals surface area contributed by atoms with E-state index in [1.165, 1.54) is 12.0 Å². The zero-order chi connectivity index (χ0) is 19.6. The number of urea groups is 1. The van der Waals surface area contributed by atoms with Crippen molar-refractivity contribution < 1.29 is 14.3 Å². The number of halogens is 2. The fraction of sp³-hybridized carbons (Fsp3) is 0.263. The van der Waals surface area contributed by atoms with Crippen molar-refractivity contribution in [1.29, 1.82) is 0 Å². The molecule has 0 aliphatic carbocycles. The molecule has 2 aromatic rings. The second-order valence-corrected chi connectivity index (χ2v) is 7.07. The molecular formula is C19H19Cl2N3O3. The SMILES string of the molecule is COC(=O)[C@@H]1C[C@@H](N(C)C(=O)Nc2ccccc2)c2c(Cl)cc(Cl)cc2N1. The van der Waals surface area contributed by atoms with Crippen molar-refractivity contribution >= 4 is 46.6 Å². The first kappa shape index (κ1) is 19.3. The Morgan fingerprint density at radius 2 is 1.93 bits per heavy atom. The molecule has 1 aliphatic rings. The third-order valence-electron chi connectivity index (χ3n) is 4.51. The highest BCUT2D eigenvalue weighted by Crippen LogP contribution is 2.42. The third kappa shape index (κ3) is 4.12. The van der Waals surface area contributed by atoms with Crippen LogP contribution in [0.4, 0.5) is 16.2 Å². The molecule has 2 amide bonds. The van der Waals surface area contributed by atoms with Gasteiger partial charge in [0, 0.05) is 40.5 Å². The summed E-state index contributed by atoms with van der Waals surface area (Å²) in [6.07, 6.45) is 0.319. The number of carbonyl (C=O) groups excluding carboxylic acids is 2. The predicted octanol–water partition coefficient (Wildman–Crippen LogP) is 4.56. The summed E-state index contributed by atoms with van der Waals surface area (Å²) in [6.45, 7) is 0. The van der Waals surface area contributed by atoms with Crippen molar-refractivity contribution in [2.75, 3.05) is 24.8 Å². The molecule has 3 rings (SSSR count). The Balaban J connectivity index is 1.92. The van der Waals surface area contributed by atoms with E-state index in [0.717, 1.165) is 0 Å². The summed E-state index contributed by atoms with van der Waals surface area (Å²) in [4.78, 5) is 26.4. The Morgan fingerprint density at radius 1 is 1.22 bits per heavy atom. The number of anilines is 2. The summed E-state index contributed by atoms with van der Waals surface area (Å²) in [5.74, 6) is -0.418. The van der Waals surface area contributed by atoms with Crippen LogP contribution in [-0.2, 0) is 9.53 Å². The Bertz CT molecular complexity index is 861. The molecule has 0 radical (unpaired) electrons. The minimum atomic E-state index is -0.617. The van der Waals surface area contributed by atoms with E-state index in [0.29, 0.717) is 33.4 Å². The maximum atomic E-state index is 12.8. The number of hydrogen-bond donors (Lipinski definition) is 2. The molecule has 1 heterocycles. The lowest BCUT2D eigenvalue weighted by molar-refractivity contribution is -0.142. The van der Waals surface area contributed by atoms with Crippen molar-refractivity contribution in [2.24, 2.45) is 0 Å². The third-order valence-corrected chi connectivity index (χ3v) is 5.05. The molecule has 0 aromatic heterocycles. The maximum Gasteiger partial charge on any atom is 0.328 e. The van der Waals surface area contributed by atoms with Crippen LogP contribution in [0.3, 0.4) is 0 Å². The van der Waals surface area contributed by atoms with Gasteiger partial charge in [-0.1, -0.05) is 41.4 Å². The smallest absolute Gasteiger partial charge is 0.328 e. The summed E-state index contributed by atoms with van der Waals surface area (Å²) >= 11 is 12.5. The van der Waals surface area contributed by atoms with Crippen molar-refractivity contribution in [1.82, 2.24) is 4.90 Å². The highest BCUT2D eigenvalue weighted by atomic mass is 35.5. The number of para-hydroxylation sites is 1. The van der Waals surface area contributed by atoms with Gasteiger partial charge in [0.2, 0.25) is 0 Å². The van der Waals surface area contributed by atoms with Gasteiger partial charge in [0.25, 0.3) is 0 Å². The number of benzene rings is 2. The lowest BCUT2D eigenvalue weighted by Crippen LogP contribution is -2.43. The Labute approximate surface area is 167 Å². The number of amides is 2. The van der Waals surface area contributed by atoms with Crippen LogP contribution < -0.4 is 10.6 Å². The summed E-state index contributed by atoms with van der Waals surface area (Å²) in [5.41, 5.74) is 2.00. The van der Waals surface area contributed by atoms with Gasteiger partial charge < -0.3 is 20.3 Å². The molecule has 0 saturated heterocycles. The number of esters is 1. The molecule has 8 heteroatoms. The average molecular weight is 408 g/mol. The monoisotopic (exact) mass is 407 g/mol. The number of carbonyl (C=O) groups is 2. The lowest BCUT2D eigenvalue weighted by atomic mass is 9.92. The first-order valence-electron chi connectivity index (χ1n) is 8.33. The average Bonchev–Trinajstić information content (AvgIpc) is 2.66. The standard InChI is InChI=1S/C19H19Cl2N3O3/c1-24(19(26)22-12-6-4-3-5-7-12)16-10-15(18(25)27-2)23-14-9-11(20)8-13(21)17(14)16/h3-9,15-16,23H,10H2,1-2H3,(H,22,26)/t15-,16+/m0/s1. The molecule has 0 unspecified atom stereocenters. The Hall–Kier alpha value is -2.44. The molecule has 2 N–H and O–H groups in total. The number of rotatable bonds is 3. The molecule has 0 saturated carbocycles. The van der Waals surface area contributed by atoms with Gasteiger partial charge in [-0.3, -0.25) is 0 Å². The van der Waals surface area contributed by atoms with Gasteiger partial charge in [-0.2, -0.15) is 0 Å². The van der Waals surface area contributed by atoms with Gasteiger partial charge in [0.05, 0.1) is 13.2 Å². The molecular weight excluding hydrogens is 389 g/mol. The molecule has 27 heavy (non-hydrogen) atoms. The van der Waals surface area contributed by atoms with E-state index >= 15 is 0 Å². The second kappa shape index (κ2) is 8.06. The van der Waals surface area contributed by atoms with Gasteiger partial charge in [-0.25, -0.2) is 9.59 Å². The number of nitrogens with one attached hydrogen (secondary N) is 2. The van der Waals surface area contributed by atoms with Crippen LogP contribution in [0.1, 0.15) is 18.0 Å². The van der Waals surface area contributed by atoms with E-state index in [9.17, 15) is 9.59 Å². The molecule has 6 nitrogen and oxygen atoms in total. The molecule has 0 bridgehead atoms. The van der Waals surface area contributed by atoms with Gasteiger partial charge >= 0.3 is 12.0 Å². The van der Waals surface area contributed by atoms with E-state index in [1.807, 2.05) is 18.2 Å². The largest absolute Gasteiger partial charge is 0.467 e. The quantitative estimate of drug-likeness (QED) is 0.731. The van der Waals surface area contributed by atoms with Gasteiger partial charge in [-0.05, 0) is 24.3 Å². The van der Waals surface area contributed by atoms with Crippen LogP contribution in [-0.4, -0.2) is 37.1 Å². The van der Waals surface area contributed by atoms with E-state index in [1.54, 1.807) is 31.3 Å². The van der Waals surface area contributed by atoms with Gasteiger partial charge in [0.1, 0.15) is 6.04 Å². The van der Waals surface area contributed by atoms with E-state index in [4.69, 9.17) is 27.9 Å². The summed E-state index contributed by atoms with van der Waals surface area (Å²) in [6, 6.07) is 11.1. The highest BCUT2D eigenvalue weighted by Gasteiger charge is 2.36. The summed E-state index contributed by atoms with van der Waals surface area (Å²) in [5, 5.41) is 6.81. The molecule has 142 valence electrons. The van der Waals surface area contributed by atoms with E-state index in [2.05, 4.69) is 10.6 Å². The zero-order valence-electron chi connectivity index (χ0n) is 14.8. The number of ether oxygens (including phenoxy) is 1. The minimum absolute atomic E-state index is 0.311. The van der Waals surface area contributed by atoms with E-state index < -0.39 is 18.1 Å². The van der Waals surface area contributed by atoms with Gasteiger partial charge in [-0.15, -0.1) is 0 Å². The fourth-order valence-corrected chi connectivity index (χ4v) is 3.77. The molecule has 0 spiro atoms. The minimum Gasteiger partial charge on any atom is -0.467 e. The zero-order valence-corrected chi connectivity index (χ0v) is 16.3. The number of methoxy groups -OCH3 is 1. The van der Waals surface area contributed by atoms with Crippen LogP contribution in [0.15, 0.2) is 42.5 Å². The van der Waals surface area contributed by atoms with Crippen LogP contribution in [0.25, 0.3) is 0 Å². The maximum absolute atomic E-state index is 12.8. The summed E-state index contributed by atoms with van der Waals surface area (Å²) in [7, 11) is 2.99. The highest BCUT2D eigenvalue weighted by molar-refractivity contribution is 6.35. The van der Waals surface area contributed by atoms with Crippen molar-refractivity contribution in [3.8, 4) is 0 Å². The molecule has 1 aliphatic heterocycles. The Kier molecular flexibility index (Phi) is 5.77. The number of fused-ring (bicyclic) bond motifs is 1. The normalized spacial score (nSPS) is 18.1. The first-order chi connectivity index (χ1) is 12.9. The van der Waals surface area contributed by atoms with Crippen LogP contribution in [0.2, 0.25) is 10.0 Å². The molecule has 2 atom stereocenters. The fourth-order valence-electron chi connectivity index (χ4n) is 3.15. The second-order valence-electron chi connectivity index (χ2n) is 6.23. The first-order valence-corrected chi connectivity index (χ1v) is 9.08. The lowest BCUT2D eigenvalue weighted by Gasteiger charge is -2.37. The Morgan fingerprint density at radius 3 is 2.59 bits per heavy atom. The molecule has 0 fully saturated rings. The van der Waals surface area contributed by atoms with Crippen molar-refractivity contribution in [3.05, 3.63) is 58.1 Å².